The van der Waals surface area contributed by atoms with Gasteiger partial charge in [0.2, 0.25) is 0 Å². The average molecular weight is 693 g/mol. The van der Waals surface area contributed by atoms with Crippen LogP contribution in [0.1, 0.15) is 0 Å². The van der Waals surface area contributed by atoms with Crippen molar-refractivity contribution in [2.24, 2.45) is 0 Å². The van der Waals surface area contributed by atoms with Crippen molar-refractivity contribution in [3.8, 4) is 0 Å². The van der Waals surface area contributed by atoms with E-state index in [1.807, 2.05) is 54.6 Å². The molecule has 0 spiro atoms. The molecule has 0 aliphatic carbocycles. The van der Waals surface area contributed by atoms with Crippen molar-refractivity contribution < 1.29 is 37.5 Å². The Morgan fingerprint density at radius 2 is 0.970 bits per heavy atom. The molecule has 0 heterocycles. The first kappa shape index (κ1) is 27.6. The van der Waals surface area contributed by atoms with E-state index in [9.17, 15) is 17.6 Å². The van der Waals surface area contributed by atoms with E-state index in [1.165, 1.54) is 0 Å². The molecule has 178 valence electrons. The van der Waals surface area contributed by atoms with E-state index in [4.69, 9.17) is 11.2 Å². The van der Waals surface area contributed by atoms with Gasteiger partial charge in [0.05, 0.1) is 11.6 Å². The summed E-state index contributed by atoms with van der Waals surface area (Å²) in [5, 5.41) is 3.26. The van der Waals surface area contributed by atoms with E-state index in [0.717, 1.165) is 15.9 Å². The third-order valence-corrected chi connectivity index (χ3v) is 10.7. The van der Waals surface area contributed by atoms with Crippen molar-refractivity contribution >= 4 is 42.3 Å². The quantitative estimate of drug-likeness (QED) is 0.0533. The Balaban J connectivity index is 0.000000270. The number of rotatable bonds is 3. The fourth-order valence-corrected chi connectivity index (χ4v) is 7.41. The first-order valence-electron chi connectivity index (χ1n) is 9.34. The summed E-state index contributed by atoms with van der Waals surface area (Å²) < 4.78 is 47.8. The van der Waals surface area contributed by atoms with Gasteiger partial charge in [-0.1, -0.05) is 0 Å². The zero-order chi connectivity index (χ0) is 24.5. The zero-order valence-corrected chi connectivity index (χ0v) is 21.5. The molecule has 0 fully saturated rings. The molecule has 0 radical (unpaired) electrons. The maximum absolute atomic E-state index is 12.0. The topological polar surface area (TPSA) is 0 Å². The minimum atomic E-state index is -3.15. The molecule has 0 amide bonds. The second kappa shape index (κ2) is 12.2. The van der Waals surface area contributed by atoms with E-state index in [1.54, 1.807) is 26.1 Å². The van der Waals surface area contributed by atoms with Crippen LogP contribution >= 0.6 is 26.4 Å². The molecule has 4 aromatic carbocycles. The number of hydrogen-bond donors (Lipinski definition) is 0. The van der Waals surface area contributed by atoms with Gasteiger partial charge in [-0.25, -0.2) is 8.78 Å². The molecule has 0 saturated heterocycles. The Morgan fingerprint density at radius 1 is 0.636 bits per heavy atom. The fourth-order valence-electron chi connectivity index (χ4n) is 3.12. The van der Waals surface area contributed by atoms with E-state index < -0.39 is 29.2 Å². The van der Waals surface area contributed by atoms with Crippen LogP contribution in [0, 0.1) is 36.0 Å². The van der Waals surface area contributed by atoms with Crippen LogP contribution in [0.2, 0.25) is 0 Å². The van der Waals surface area contributed by atoms with Crippen molar-refractivity contribution in [2.45, 2.75) is 0 Å². The first-order chi connectivity index (χ1) is 15.7. The summed E-state index contributed by atoms with van der Waals surface area (Å²) in [5.41, 5.74) is 0. The number of hydrogen-bond acceptors (Lipinski definition) is 0. The van der Waals surface area contributed by atoms with Gasteiger partial charge in [0.25, 0.3) is 0 Å². The van der Waals surface area contributed by atoms with E-state index in [2.05, 4.69) is 52.3 Å². The molecule has 0 aliphatic rings. The van der Waals surface area contributed by atoms with Crippen molar-refractivity contribution in [3.63, 3.8) is 0 Å². The molecule has 0 aromatic heterocycles. The van der Waals surface area contributed by atoms with Crippen LogP contribution in [0.3, 0.4) is 0 Å². The second-order valence-electron chi connectivity index (χ2n) is 6.77. The summed E-state index contributed by atoms with van der Waals surface area (Å²) in [6.07, 6.45) is 0. The molecule has 0 unspecified atom stereocenters. The van der Waals surface area contributed by atoms with Crippen LogP contribution in [0.15, 0.2) is 97.1 Å². The van der Waals surface area contributed by atoms with Gasteiger partial charge in [-0.15, -0.1) is 12.1 Å². The second-order valence-corrected chi connectivity index (χ2v) is 12.9. The van der Waals surface area contributed by atoms with Crippen LogP contribution in [0.4, 0.5) is 17.6 Å². The van der Waals surface area contributed by atoms with E-state index in [0.29, 0.717) is 6.07 Å². The molecule has 0 saturated carbocycles. The van der Waals surface area contributed by atoms with Gasteiger partial charge in [-0.2, -0.15) is 0 Å². The van der Waals surface area contributed by atoms with Gasteiger partial charge in [0.15, 0.2) is 0 Å². The predicted molar refractivity (Wildman–Crippen MR) is 127 cm³/mol. The summed E-state index contributed by atoms with van der Waals surface area (Å²) in [5.74, 6) is -9.76. The van der Waals surface area contributed by atoms with Gasteiger partial charge in [0.1, 0.15) is 0 Å². The fraction of sp³-hybridized carbons (Fsp3) is 0. The molecule has 4 aromatic rings. The Morgan fingerprint density at radius 3 is 1.27 bits per heavy atom. The average Bonchev–Trinajstić information content (AvgIpc) is 2.88. The Hall–Kier alpha value is -1.65. The molecule has 0 nitrogen and oxygen atoms in total. The summed E-state index contributed by atoms with van der Waals surface area (Å²) in [4.78, 5) is 0. The van der Waals surface area contributed by atoms with E-state index in [-0.39, 0.29) is 0 Å². The molecule has 0 bridgehead atoms. The van der Waals surface area contributed by atoms with Crippen molar-refractivity contribution in [3.05, 3.63) is 133 Å². The van der Waals surface area contributed by atoms with Gasteiger partial charge < -0.3 is 0 Å². The minimum absolute atomic E-state index is 0.397. The summed E-state index contributed by atoms with van der Waals surface area (Å²) in [7, 11) is 4.58. The van der Waals surface area contributed by atoms with Gasteiger partial charge in [-0.05, 0) is 0 Å². The Kier molecular flexibility index (Phi) is 10.2. The predicted octanol–water partition coefficient (Wildman–Crippen LogP) is 7.19. The van der Waals surface area contributed by atoms with Crippen molar-refractivity contribution in [2.75, 3.05) is 0 Å². The van der Waals surface area contributed by atoms with Crippen molar-refractivity contribution in [1.82, 2.24) is 0 Å². The number of benzene rings is 4. The molecular formula is C25H18AuCl2F4P-2. The van der Waals surface area contributed by atoms with Crippen LogP contribution < -0.4 is 15.9 Å². The molecule has 4 rings (SSSR count). The third-order valence-electron chi connectivity index (χ3n) is 4.80. The Bertz CT molecular complexity index is 1030. The van der Waals surface area contributed by atoms with E-state index >= 15 is 0 Å². The molecule has 33 heavy (non-hydrogen) atoms. The molecule has 8 heteroatoms. The standard InChI is InChI=1S/C19H17ClP.C6HF4.Au.ClH/c1-21(20,17-11-5-2-6-12-17,18-13-7-3-8-14-18)19-15-9-4-10-16-19;7-3-1-2-4(8)6(10)5(3)9;;/h2-16H,1H2;1H;;1H/q2*-1;+1;/p-1. The molecule has 0 atom stereocenters. The molecule has 0 aliphatic heterocycles. The van der Waals surface area contributed by atoms with Crippen LogP contribution in [-0.2, 0) is 20.0 Å². The Labute approximate surface area is 212 Å². The van der Waals surface area contributed by atoms with Crippen LogP contribution in [-0.4, -0.2) is 0 Å². The van der Waals surface area contributed by atoms with Crippen LogP contribution in [0.25, 0.3) is 0 Å². The first-order valence-corrected chi connectivity index (χ1v) is 15.3. The van der Waals surface area contributed by atoms with Gasteiger partial charge in [-0.3, -0.25) is 8.78 Å². The van der Waals surface area contributed by atoms with Crippen LogP contribution in [0.5, 0.6) is 0 Å². The van der Waals surface area contributed by atoms with Gasteiger partial charge >= 0.3 is 160 Å². The SMILES string of the molecule is Fc1[c-]cc(F)c(F)c1F.[CH2-]P(Cl)(c1ccccc1)(c1ccccc1)c1ccccc1.[Cl][Au]. The zero-order valence-electron chi connectivity index (χ0n) is 17.0. The van der Waals surface area contributed by atoms with Crippen molar-refractivity contribution in [1.29, 1.82) is 0 Å². The van der Waals surface area contributed by atoms with Gasteiger partial charge in [0, 0.05) is 11.6 Å². The third kappa shape index (κ3) is 6.08. The summed E-state index contributed by atoms with van der Waals surface area (Å²) >= 11 is 9.14. The normalized spacial score (nSPS) is 11.7. The summed E-state index contributed by atoms with van der Waals surface area (Å²) in [6, 6.07) is 32.6. The maximum atomic E-state index is 12.0. The summed E-state index contributed by atoms with van der Waals surface area (Å²) in [6.45, 7) is 4.61. The molecular weight excluding hydrogens is 675 g/mol. The monoisotopic (exact) mass is 692 g/mol. The molecule has 0 N–H and O–H groups in total. The number of halogens is 6.